The molecule has 0 aromatic carbocycles. The van der Waals surface area contributed by atoms with Crippen molar-refractivity contribution in [3.05, 3.63) is 50.8 Å². The molecule has 8 nitrogen and oxygen atoms in total. The van der Waals surface area contributed by atoms with E-state index in [0.717, 1.165) is 54.7 Å². The molecule has 29 heavy (non-hydrogen) atoms. The number of likely N-dealkylation sites (tertiary alicyclic amines) is 1. The van der Waals surface area contributed by atoms with Gasteiger partial charge in [-0.1, -0.05) is 6.07 Å². The highest BCUT2D eigenvalue weighted by atomic mass is 32.1. The molecule has 1 amide bonds. The molecular weight excluding hydrogens is 388 g/mol. The van der Waals surface area contributed by atoms with Gasteiger partial charge in [0, 0.05) is 12.2 Å². The second-order valence-corrected chi connectivity index (χ2v) is 8.61. The summed E-state index contributed by atoms with van der Waals surface area (Å²) in [6.45, 7) is 1.12. The van der Waals surface area contributed by atoms with Crippen molar-refractivity contribution in [2.45, 2.75) is 51.1 Å². The fraction of sp³-hybridized carbons (Fsp3) is 0.450. The number of thiophene rings is 1. The first-order valence-electron chi connectivity index (χ1n) is 10.1. The van der Waals surface area contributed by atoms with Crippen molar-refractivity contribution in [3.63, 3.8) is 0 Å². The zero-order valence-electron chi connectivity index (χ0n) is 16.0. The van der Waals surface area contributed by atoms with E-state index in [-0.39, 0.29) is 23.1 Å². The maximum Gasteiger partial charge on any atom is 0.261 e. The molecule has 1 unspecified atom stereocenters. The molecule has 3 aromatic rings. The Morgan fingerprint density at radius 1 is 1.28 bits per heavy atom. The van der Waals surface area contributed by atoms with Crippen LogP contribution in [0.5, 0.6) is 0 Å². The van der Waals surface area contributed by atoms with Gasteiger partial charge in [-0.2, -0.15) is 4.80 Å². The van der Waals surface area contributed by atoms with E-state index in [9.17, 15) is 9.59 Å². The zero-order chi connectivity index (χ0) is 19.8. The number of H-pyrrole nitrogens is 1. The summed E-state index contributed by atoms with van der Waals surface area (Å²) in [5.74, 6) is 0.405. The summed E-state index contributed by atoms with van der Waals surface area (Å²) in [5, 5.41) is 14.7. The van der Waals surface area contributed by atoms with Crippen molar-refractivity contribution in [1.29, 1.82) is 0 Å². The van der Waals surface area contributed by atoms with Gasteiger partial charge in [0.1, 0.15) is 5.56 Å². The fourth-order valence-electron chi connectivity index (χ4n) is 4.29. The molecule has 1 N–H and O–H groups in total. The van der Waals surface area contributed by atoms with Gasteiger partial charge in [0.15, 0.2) is 0 Å². The predicted octanol–water partition coefficient (Wildman–Crippen LogP) is 2.27. The molecule has 5 rings (SSSR count). The summed E-state index contributed by atoms with van der Waals surface area (Å²) in [7, 11) is 0. The number of hydrogen-bond donors (Lipinski definition) is 1. The standard InChI is InChI=1S/C20H22N6O2S/c27-19-15(11-13-5-1-2-7-16(13)21-19)20(28)25-9-3-6-14(25)12-26-23-18(22-24-26)17-8-4-10-29-17/h4,8,10-11,14H,1-3,5-7,9,12H2,(H,21,27). The van der Waals surface area contributed by atoms with Crippen LogP contribution < -0.4 is 5.56 Å². The highest BCUT2D eigenvalue weighted by molar-refractivity contribution is 7.13. The lowest BCUT2D eigenvalue weighted by Crippen LogP contribution is -2.41. The van der Waals surface area contributed by atoms with Gasteiger partial charge in [0.05, 0.1) is 17.5 Å². The molecular formula is C20H22N6O2S. The number of carbonyl (C=O) groups excluding carboxylic acids is 1. The van der Waals surface area contributed by atoms with Crippen molar-refractivity contribution in [2.24, 2.45) is 0 Å². The van der Waals surface area contributed by atoms with Gasteiger partial charge >= 0.3 is 0 Å². The predicted molar refractivity (Wildman–Crippen MR) is 109 cm³/mol. The Kier molecular flexibility index (Phi) is 4.75. The third kappa shape index (κ3) is 3.50. The first-order valence-corrected chi connectivity index (χ1v) is 10.9. The molecule has 9 heteroatoms. The largest absolute Gasteiger partial charge is 0.334 e. The monoisotopic (exact) mass is 410 g/mol. The molecule has 1 aliphatic carbocycles. The first-order chi connectivity index (χ1) is 14.2. The Labute approximate surface area is 171 Å². The zero-order valence-corrected chi connectivity index (χ0v) is 16.8. The average molecular weight is 411 g/mol. The highest BCUT2D eigenvalue weighted by Gasteiger charge is 2.32. The number of carbonyl (C=O) groups is 1. The maximum absolute atomic E-state index is 13.2. The van der Waals surface area contributed by atoms with E-state index >= 15 is 0 Å². The second kappa shape index (κ2) is 7.55. The molecule has 1 fully saturated rings. The Morgan fingerprint density at radius 3 is 3.03 bits per heavy atom. The lowest BCUT2D eigenvalue weighted by molar-refractivity contribution is 0.0715. The minimum absolute atomic E-state index is 0.0386. The Morgan fingerprint density at radius 2 is 2.17 bits per heavy atom. The fourth-order valence-corrected chi connectivity index (χ4v) is 4.94. The van der Waals surface area contributed by atoms with Crippen LogP contribution in [0.25, 0.3) is 10.7 Å². The first kappa shape index (κ1) is 18.2. The van der Waals surface area contributed by atoms with Crippen LogP contribution in [0.2, 0.25) is 0 Å². The number of aromatic nitrogens is 5. The number of pyridine rings is 1. The number of nitrogens with one attached hydrogen (secondary N) is 1. The third-order valence-corrected chi connectivity index (χ3v) is 6.64. The molecule has 1 saturated heterocycles. The molecule has 1 atom stereocenters. The van der Waals surface area contributed by atoms with E-state index in [1.807, 2.05) is 23.6 Å². The SMILES string of the molecule is O=C(c1cc2c([nH]c1=O)CCCC2)N1CCCC1Cn1nnc(-c2cccs2)n1. The van der Waals surface area contributed by atoms with Gasteiger partial charge in [-0.25, -0.2) is 0 Å². The Bertz CT molecular complexity index is 1090. The summed E-state index contributed by atoms with van der Waals surface area (Å²) < 4.78 is 0. The van der Waals surface area contributed by atoms with Gasteiger partial charge in [0.25, 0.3) is 11.5 Å². The van der Waals surface area contributed by atoms with Crippen molar-refractivity contribution < 1.29 is 4.79 Å². The molecule has 150 valence electrons. The topological polar surface area (TPSA) is 96.8 Å². The van der Waals surface area contributed by atoms with Crippen LogP contribution in [0.4, 0.5) is 0 Å². The maximum atomic E-state index is 13.2. The van der Waals surface area contributed by atoms with Crippen LogP contribution in [0.15, 0.2) is 28.4 Å². The van der Waals surface area contributed by atoms with Crippen LogP contribution in [-0.4, -0.2) is 48.6 Å². The number of nitrogens with zero attached hydrogens (tertiary/aromatic N) is 5. The molecule has 2 aliphatic rings. The summed E-state index contributed by atoms with van der Waals surface area (Å²) in [6, 6.07) is 5.69. The van der Waals surface area contributed by atoms with Gasteiger partial charge in [-0.3, -0.25) is 9.59 Å². The number of fused-ring (bicyclic) bond motifs is 1. The van der Waals surface area contributed by atoms with Gasteiger partial charge in [0.2, 0.25) is 5.82 Å². The van der Waals surface area contributed by atoms with Crippen LogP contribution in [-0.2, 0) is 19.4 Å². The van der Waals surface area contributed by atoms with Gasteiger partial charge in [-0.15, -0.1) is 21.5 Å². The molecule has 4 heterocycles. The van der Waals surface area contributed by atoms with E-state index in [4.69, 9.17) is 0 Å². The van der Waals surface area contributed by atoms with Crippen LogP contribution in [0, 0.1) is 0 Å². The van der Waals surface area contributed by atoms with E-state index in [0.29, 0.717) is 18.9 Å². The lowest BCUT2D eigenvalue weighted by atomic mass is 9.95. The summed E-state index contributed by atoms with van der Waals surface area (Å²) in [6.07, 6.45) is 5.77. The van der Waals surface area contributed by atoms with Crippen molar-refractivity contribution in [3.8, 4) is 10.7 Å². The van der Waals surface area contributed by atoms with E-state index in [1.54, 1.807) is 21.0 Å². The molecule has 0 bridgehead atoms. The number of aromatic amines is 1. The summed E-state index contributed by atoms with van der Waals surface area (Å²) in [4.78, 5) is 33.0. The smallest absolute Gasteiger partial charge is 0.261 e. The van der Waals surface area contributed by atoms with Crippen molar-refractivity contribution in [2.75, 3.05) is 6.54 Å². The summed E-state index contributed by atoms with van der Waals surface area (Å²) >= 11 is 1.57. The molecule has 0 saturated carbocycles. The van der Waals surface area contributed by atoms with E-state index < -0.39 is 0 Å². The van der Waals surface area contributed by atoms with Crippen LogP contribution in [0.3, 0.4) is 0 Å². The van der Waals surface area contributed by atoms with Gasteiger partial charge < -0.3 is 9.88 Å². The van der Waals surface area contributed by atoms with E-state index in [2.05, 4.69) is 20.4 Å². The lowest BCUT2D eigenvalue weighted by Gasteiger charge is -2.24. The number of amides is 1. The van der Waals surface area contributed by atoms with Crippen molar-refractivity contribution in [1.82, 2.24) is 30.1 Å². The van der Waals surface area contributed by atoms with Crippen molar-refractivity contribution >= 4 is 17.2 Å². The summed E-state index contributed by atoms with van der Waals surface area (Å²) in [5.41, 5.74) is 2.07. The number of hydrogen-bond acceptors (Lipinski definition) is 6. The molecule has 1 aliphatic heterocycles. The number of tetrazole rings is 1. The van der Waals surface area contributed by atoms with E-state index in [1.165, 1.54) is 0 Å². The average Bonchev–Trinajstić information content (AvgIpc) is 3.49. The Hall–Kier alpha value is -2.81. The number of aryl methyl sites for hydroxylation is 2. The minimum atomic E-state index is -0.278. The normalized spacial score (nSPS) is 18.8. The molecule has 3 aromatic heterocycles. The number of rotatable bonds is 4. The van der Waals surface area contributed by atoms with Crippen LogP contribution in [0.1, 0.15) is 47.3 Å². The Balaban J connectivity index is 1.36. The quantitative estimate of drug-likeness (QED) is 0.712. The molecule has 0 radical (unpaired) electrons. The second-order valence-electron chi connectivity index (χ2n) is 7.66. The highest BCUT2D eigenvalue weighted by Crippen LogP contribution is 2.24. The molecule has 0 spiro atoms. The van der Waals surface area contributed by atoms with Gasteiger partial charge in [-0.05, 0) is 66.8 Å². The van der Waals surface area contributed by atoms with Crippen LogP contribution >= 0.6 is 11.3 Å². The minimum Gasteiger partial charge on any atom is -0.334 e. The third-order valence-electron chi connectivity index (χ3n) is 5.77.